The molecule has 0 radical (unpaired) electrons. The van der Waals surface area contributed by atoms with Crippen LogP contribution in [0.3, 0.4) is 0 Å². The Morgan fingerprint density at radius 2 is 2.00 bits per heavy atom. The van der Waals surface area contributed by atoms with Gasteiger partial charge in [-0.1, -0.05) is 19.3 Å². The van der Waals surface area contributed by atoms with E-state index in [2.05, 4.69) is 24.3 Å². The second-order valence-electron chi connectivity index (χ2n) is 6.21. The molecule has 1 aromatic rings. The van der Waals surface area contributed by atoms with E-state index in [0.29, 0.717) is 12.1 Å². The molecule has 5 heteroatoms. The highest BCUT2D eigenvalue weighted by atomic mass is 19.1. The van der Waals surface area contributed by atoms with E-state index < -0.39 is 5.82 Å². The molecule has 1 aromatic carbocycles. The zero-order chi connectivity index (χ0) is 16.2. The van der Waals surface area contributed by atoms with Crippen molar-refractivity contribution >= 4 is 5.91 Å². The average Bonchev–Trinajstić information content (AvgIpc) is 2.53. The molecule has 0 bridgehead atoms. The largest absolute Gasteiger partial charge is 0.494 e. The minimum Gasteiger partial charge on any atom is -0.494 e. The third-order valence-corrected chi connectivity index (χ3v) is 4.72. The molecule has 1 saturated carbocycles. The number of nitrogens with one attached hydrogen (secondary N) is 1. The Bertz CT molecular complexity index is 525. The maximum Gasteiger partial charge on any atom is 0.251 e. The van der Waals surface area contributed by atoms with Gasteiger partial charge in [-0.3, -0.25) is 4.79 Å². The van der Waals surface area contributed by atoms with Crippen LogP contribution in [0.4, 0.5) is 4.39 Å². The van der Waals surface area contributed by atoms with E-state index in [1.165, 1.54) is 38.5 Å². The molecule has 0 aliphatic heterocycles. The number of carbonyl (C=O) groups is 1. The molecule has 0 spiro atoms. The Balaban J connectivity index is 2.03. The lowest BCUT2D eigenvalue weighted by atomic mass is 9.80. The van der Waals surface area contributed by atoms with Crippen molar-refractivity contribution in [3.63, 3.8) is 0 Å². The fourth-order valence-electron chi connectivity index (χ4n) is 3.15. The fraction of sp³-hybridized carbons (Fsp3) is 0.588. The standard InChI is InChI=1S/C17H25FN2O2/c1-20(2)17(9-5-4-6-10-17)12-19-16(21)13-7-8-15(22-3)14(18)11-13/h7-8,11H,4-6,9-10,12H2,1-3H3,(H,19,21). The number of amides is 1. The third-order valence-electron chi connectivity index (χ3n) is 4.72. The number of benzene rings is 1. The monoisotopic (exact) mass is 308 g/mol. The van der Waals surface area contributed by atoms with Crippen LogP contribution in [0.5, 0.6) is 5.75 Å². The first-order chi connectivity index (χ1) is 10.5. The predicted octanol–water partition coefficient (Wildman–Crippen LogP) is 2.83. The molecule has 1 N–H and O–H groups in total. The molecule has 0 aromatic heterocycles. The zero-order valence-electron chi connectivity index (χ0n) is 13.6. The number of hydrogen-bond donors (Lipinski definition) is 1. The van der Waals surface area contributed by atoms with Gasteiger partial charge in [0.2, 0.25) is 0 Å². The number of carbonyl (C=O) groups excluding carboxylic acids is 1. The summed E-state index contributed by atoms with van der Waals surface area (Å²) >= 11 is 0. The topological polar surface area (TPSA) is 41.6 Å². The molecule has 2 rings (SSSR count). The Kier molecular flexibility index (Phi) is 5.40. The van der Waals surface area contributed by atoms with Gasteiger partial charge in [-0.2, -0.15) is 0 Å². The molecule has 4 nitrogen and oxygen atoms in total. The van der Waals surface area contributed by atoms with Crippen molar-refractivity contribution in [3.05, 3.63) is 29.6 Å². The third kappa shape index (κ3) is 3.58. The Morgan fingerprint density at radius 1 is 1.32 bits per heavy atom. The summed E-state index contributed by atoms with van der Waals surface area (Å²) in [5.74, 6) is -0.614. The highest BCUT2D eigenvalue weighted by Gasteiger charge is 2.34. The number of nitrogens with zero attached hydrogens (tertiary/aromatic N) is 1. The summed E-state index contributed by atoms with van der Waals surface area (Å²) in [5.41, 5.74) is 0.335. The summed E-state index contributed by atoms with van der Waals surface area (Å²) in [6.07, 6.45) is 5.79. The summed E-state index contributed by atoms with van der Waals surface area (Å²) in [5, 5.41) is 2.97. The van der Waals surface area contributed by atoms with Crippen molar-refractivity contribution in [1.29, 1.82) is 0 Å². The highest BCUT2D eigenvalue weighted by Crippen LogP contribution is 2.31. The van der Waals surface area contributed by atoms with Gasteiger partial charge in [0, 0.05) is 17.6 Å². The highest BCUT2D eigenvalue weighted by molar-refractivity contribution is 5.94. The van der Waals surface area contributed by atoms with Gasteiger partial charge < -0.3 is 15.0 Å². The van der Waals surface area contributed by atoms with Gasteiger partial charge in [0.1, 0.15) is 0 Å². The molecule has 1 fully saturated rings. The van der Waals surface area contributed by atoms with Crippen molar-refractivity contribution in [3.8, 4) is 5.75 Å². The van der Waals surface area contributed by atoms with Crippen molar-refractivity contribution in [2.24, 2.45) is 0 Å². The van der Waals surface area contributed by atoms with Gasteiger partial charge in [0.15, 0.2) is 11.6 Å². The summed E-state index contributed by atoms with van der Waals surface area (Å²) in [7, 11) is 5.52. The minimum absolute atomic E-state index is 0.0128. The van der Waals surface area contributed by atoms with E-state index in [-0.39, 0.29) is 17.2 Å². The first-order valence-corrected chi connectivity index (χ1v) is 7.78. The second-order valence-corrected chi connectivity index (χ2v) is 6.21. The van der Waals surface area contributed by atoms with Crippen LogP contribution in [-0.4, -0.2) is 44.1 Å². The number of hydrogen-bond acceptors (Lipinski definition) is 3. The van der Waals surface area contributed by atoms with E-state index in [9.17, 15) is 9.18 Å². The lowest BCUT2D eigenvalue weighted by molar-refractivity contribution is 0.0799. The van der Waals surface area contributed by atoms with E-state index in [0.717, 1.165) is 12.8 Å². The molecular weight excluding hydrogens is 283 g/mol. The summed E-state index contributed by atoms with van der Waals surface area (Å²) in [6.45, 7) is 0.590. The molecular formula is C17H25FN2O2. The van der Waals surface area contributed by atoms with E-state index >= 15 is 0 Å². The van der Waals surface area contributed by atoms with E-state index in [1.807, 2.05) is 0 Å². The lowest BCUT2D eigenvalue weighted by Gasteiger charge is -2.43. The number of likely N-dealkylation sites (N-methyl/N-ethyl adjacent to an activating group) is 1. The van der Waals surface area contributed by atoms with Gasteiger partial charge in [-0.25, -0.2) is 4.39 Å². The first-order valence-electron chi connectivity index (χ1n) is 7.78. The Labute approximate surface area is 131 Å². The second kappa shape index (κ2) is 7.09. The molecule has 1 aliphatic rings. The number of rotatable bonds is 5. The molecule has 0 heterocycles. The van der Waals surface area contributed by atoms with Gasteiger partial charge >= 0.3 is 0 Å². The zero-order valence-corrected chi connectivity index (χ0v) is 13.6. The van der Waals surface area contributed by atoms with Crippen molar-refractivity contribution in [2.45, 2.75) is 37.6 Å². The molecule has 0 saturated heterocycles. The van der Waals surface area contributed by atoms with Crippen LogP contribution in [0, 0.1) is 5.82 Å². The lowest BCUT2D eigenvalue weighted by Crippen LogP contribution is -2.53. The van der Waals surface area contributed by atoms with Crippen LogP contribution in [-0.2, 0) is 0 Å². The van der Waals surface area contributed by atoms with Crippen LogP contribution in [0.15, 0.2) is 18.2 Å². The molecule has 0 atom stereocenters. The van der Waals surface area contributed by atoms with Crippen molar-refractivity contribution in [1.82, 2.24) is 10.2 Å². The molecule has 22 heavy (non-hydrogen) atoms. The molecule has 122 valence electrons. The van der Waals surface area contributed by atoms with Crippen LogP contribution in [0.2, 0.25) is 0 Å². The quantitative estimate of drug-likeness (QED) is 0.909. The maximum absolute atomic E-state index is 13.7. The number of methoxy groups -OCH3 is 1. The SMILES string of the molecule is COc1ccc(C(=O)NCC2(N(C)C)CCCCC2)cc1F. The van der Waals surface area contributed by atoms with Crippen molar-refractivity contribution < 1.29 is 13.9 Å². The van der Waals surface area contributed by atoms with E-state index in [1.54, 1.807) is 6.07 Å². The van der Waals surface area contributed by atoms with Gasteiger partial charge in [-0.15, -0.1) is 0 Å². The normalized spacial score (nSPS) is 17.3. The van der Waals surface area contributed by atoms with Crippen LogP contribution in [0.1, 0.15) is 42.5 Å². The average molecular weight is 308 g/mol. The predicted molar refractivity (Wildman–Crippen MR) is 84.8 cm³/mol. The smallest absolute Gasteiger partial charge is 0.251 e. The van der Waals surface area contributed by atoms with Gasteiger partial charge in [0.05, 0.1) is 7.11 Å². The Hall–Kier alpha value is -1.62. The van der Waals surface area contributed by atoms with Gasteiger partial charge in [0.25, 0.3) is 5.91 Å². The summed E-state index contributed by atoms with van der Waals surface area (Å²) in [6, 6.07) is 4.28. The molecule has 0 unspecified atom stereocenters. The first kappa shape index (κ1) is 16.7. The van der Waals surface area contributed by atoms with Crippen molar-refractivity contribution in [2.75, 3.05) is 27.7 Å². The van der Waals surface area contributed by atoms with Gasteiger partial charge in [-0.05, 0) is 45.1 Å². The summed E-state index contributed by atoms with van der Waals surface area (Å²) in [4.78, 5) is 14.5. The Morgan fingerprint density at radius 3 is 2.55 bits per heavy atom. The molecule has 1 aliphatic carbocycles. The fourth-order valence-corrected chi connectivity index (χ4v) is 3.15. The minimum atomic E-state index is -0.518. The van der Waals surface area contributed by atoms with Crippen LogP contribution in [0.25, 0.3) is 0 Å². The van der Waals surface area contributed by atoms with Crippen LogP contribution < -0.4 is 10.1 Å². The number of ether oxygens (including phenoxy) is 1. The number of halogens is 1. The summed E-state index contributed by atoms with van der Waals surface area (Å²) < 4.78 is 18.6. The van der Waals surface area contributed by atoms with E-state index in [4.69, 9.17) is 4.74 Å². The maximum atomic E-state index is 13.7. The van der Waals surface area contributed by atoms with Crippen LogP contribution >= 0.6 is 0 Å². The molecule has 1 amide bonds.